The summed E-state index contributed by atoms with van der Waals surface area (Å²) < 4.78 is 7.75. The van der Waals surface area contributed by atoms with Gasteiger partial charge < -0.3 is 15.0 Å². The lowest BCUT2D eigenvalue weighted by Crippen LogP contribution is -2.06. The maximum Gasteiger partial charge on any atom is 0.119 e. The van der Waals surface area contributed by atoms with Crippen molar-refractivity contribution in [2.24, 2.45) is 5.73 Å². The average Bonchev–Trinajstić information content (AvgIpc) is 2.88. The Kier molecular flexibility index (Phi) is 4.36. The molecule has 0 saturated carbocycles. The molecule has 4 heteroatoms. The van der Waals surface area contributed by atoms with E-state index in [1.807, 2.05) is 48.3 Å². The van der Waals surface area contributed by atoms with E-state index in [9.17, 15) is 0 Å². The molecule has 18 heavy (non-hydrogen) atoms. The zero-order chi connectivity index (χ0) is 12.8. The normalized spacial score (nSPS) is 12.3. The van der Waals surface area contributed by atoms with E-state index >= 15 is 0 Å². The highest BCUT2D eigenvalue weighted by Crippen LogP contribution is 2.17. The van der Waals surface area contributed by atoms with Crippen LogP contribution in [0.2, 0.25) is 0 Å². The lowest BCUT2D eigenvalue weighted by molar-refractivity contribution is 0.301. The predicted octanol–water partition coefficient (Wildman–Crippen LogP) is 2.37. The van der Waals surface area contributed by atoms with Gasteiger partial charge in [-0.2, -0.15) is 0 Å². The van der Waals surface area contributed by atoms with Crippen molar-refractivity contribution in [1.82, 2.24) is 9.55 Å². The third-order valence-electron chi connectivity index (χ3n) is 2.77. The molecule has 0 amide bonds. The van der Waals surface area contributed by atoms with Gasteiger partial charge in [0.25, 0.3) is 0 Å². The molecule has 0 bridgehead atoms. The second-order valence-electron chi connectivity index (χ2n) is 4.36. The number of rotatable bonds is 6. The summed E-state index contributed by atoms with van der Waals surface area (Å²) in [7, 11) is 0. The quantitative estimate of drug-likeness (QED) is 0.795. The monoisotopic (exact) mass is 245 g/mol. The molecule has 1 atom stereocenters. The van der Waals surface area contributed by atoms with E-state index in [4.69, 9.17) is 10.5 Å². The van der Waals surface area contributed by atoms with Crippen LogP contribution in [0.5, 0.6) is 5.75 Å². The summed E-state index contributed by atoms with van der Waals surface area (Å²) in [5, 5.41) is 0. The van der Waals surface area contributed by atoms with Gasteiger partial charge in [-0.05, 0) is 31.0 Å². The zero-order valence-corrected chi connectivity index (χ0v) is 10.6. The molecule has 0 saturated heterocycles. The molecule has 0 aliphatic rings. The summed E-state index contributed by atoms with van der Waals surface area (Å²) in [6.45, 7) is 3.59. The fourth-order valence-corrected chi connectivity index (χ4v) is 1.74. The molecule has 0 spiro atoms. The summed E-state index contributed by atoms with van der Waals surface area (Å²) in [6, 6.07) is 8.00. The molecular weight excluding hydrogens is 226 g/mol. The Hall–Kier alpha value is -1.81. The van der Waals surface area contributed by atoms with E-state index in [1.54, 1.807) is 6.20 Å². The van der Waals surface area contributed by atoms with Crippen LogP contribution >= 0.6 is 0 Å². The number of ether oxygens (including phenoxy) is 1. The summed E-state index contributed by atoms with van der Waals surface area (Å²) in [5.41, 5.74) is 6.93. The third kappa shape index (κ3) is 3.60. The van der Waals surface area contributed by atoms with Gasteiger partial charge in [0.2, 0.25) is 0 Å². The topological polar surface area (TPSA) is 53.1 Å². The molecule has 0 unspecified atom stereocenters. The molecule has 0 aliphatic carbocycles. The summed E-state index contributed by atoms with van der Waals surface area (Å²) in [6.07, 6.45) is 6.51. The van der Waals surface area contributed by atoms with Crippen LogP contribution < -0.4 is 10.5 Å². The van der Waals surface area contributed by atoms with Crippen LogP contribution in [0.15, 0.2) is 43.0 Å². The lowest BCUT2D eigenvalue weighted by atomic mass is 10.1. The molecule has 0 fully saturated rings. The van der Waals surface area contributed by atoms with E-state index in [0.29, 0.717) is 6.61 Å². The highest BCUT2D eigenvalue weighted by molar-refractivity contribution is 5.30. The van der Waals surface area contributed by atoms with Crippen LogP contribution in [-0.2, 0) is 6.54 Å². The van der Waals surface area contributed by atoms with E-state index in [-0.39, 0.29) is 6.04 Å². The molecule has 1 aromatic heterocycles. The van der Waals surface area contributed by atoms with Gasteiger partial charge in [-0.15, -0.1) is 0 Å². The Labute approximate surface area is 107 Å². The number of nitrogens with zero attached hydrogens (tertiary/aromatic N) is 2. The molecule has 2 aromatic rings. The summed E-state index contributed by atoms with van der Waals surface area (Å²) >= 11 is 0. The van der Waals surface area contributed by atoms with E-state index in [2.05, 4.69) is 4.98 Å². The Bertz CT molecular complexity index is 466. The molecule has 1 heterocycles. The van der Waals surface area contributed by atoms with Gasteiger partial charge >= 0.3 is 0 Å². The van der Waals surface area contributed by atoms with Crippen molar-refractivity contribution < 1.29 is 4.74 Å². The van der Waals surface area contributed by atoms with Gasteiger partial charge in [0.1, 0.15) is 5.75 Å². The molecule has 0 aliphatic heterocycles. The van der Waals surface area contributed by atoms with Crippen molar-refractivity contribution in [3.63, 3.8) is 0 Å². The molecule has 2 N–H and O–H groups in total. The van der Waals surface area contributed by atoms with Crippen molar-refractivity contribution in [1.29, 1.82) is 0 Å². The Morgan fingerprint density at radius 3 is 3.06 bits per heavy atom. The molecule has 0 radical (unpaired) electrons. The number of imidazole rings is 1. The molecule has 4 nitrogen and oxygen atoms in total. The minimum Gasteiger partial charge on any atom is -0.494 e. The molecular formula is C14H19N3O. The Morgan fingerprint density at radius 2 is 2.33 bits per heavy atom. The van der Waals surface area contributed by atoms with Crippen molar-refractivity contribution in [2.75, 3.05) is 6.61 Å². The first-order chi connectivity index (χ1) is 8.75. The highest BCUT2D eigenvalue weighted by Gasteiger charge is 2.01. The zero-order valence-electron chi connectivity index (χ0n) is 10.6. The standard InChI is InChI=1S/C14H19N3O/c1-12(15)13-4-2-5-14(10-13)18-9-3-7-17-8-6-16-11-17/h2,4-6,8,10-12H,3,7,9,15H2,1H3/t12-/m1/s1. The molecule has 2 rings (SSSR count). The SMILES string of the molecule is C[C@@H](N)c1cccc(OCCCn2ccnc2)c1. The van der Waals surface area contributed by atoms with Crippen molar-refractivity contribution in [2.45, 2.75) is 25.9 Å². The van der Waals surface area contributed by atoms with E-state index in [1.165, 1.54) is 0 Å². The van der Waals surface area contributed by atoms with Gasteiger partial charge in [0, 0.05) is 25.0 Å². The summed E-state index contributed by atoms with van der Waals surface area (Å²) in [4.78, 5) is 4.00. The largest absolute Gasteiger partial charge is 0.494 e. The number of aromatic nitrogens is 2. The minimum absolute atomic E-state index is 0.0412. The second-order valence-corrected chi connectivity index (χ2v) is 4.36. The first kappa shape index (κ1) is 12.6. The van der Waals surface area contributed by atoms with Gasteiger partial charge in [0.05, 0.1) is 12.9 Å². The van der Waals surface area contributed by atoms with Crippen LogP contribution in [0.4, 0.5) is 0 Å². The molecule has 96 valence electrons. The fourth-order valence-electron chi connectivity index (χ4n) is 1.74. The predicted molar refractivity (Wildman–Crippen MR) is 71.4 cm³/mol. The van der Waals surface area contributed by atoms with Gasteiger partial charge in [-0.25, -0.2) is 4.98 Å². The number of hydrogen-bond donors (Lipinski definition) is 1. The first-order valence-electron chi connectivity index (χ1n) is 6.20. The van der Waals surface area contributed by atoms with Crippen LogP contribution in [0.25, 0.3) is 0 Å². The van der Waals surface area contributed by atoms with E-state index < -0.39 is 0 Å². The maximum atomic E-state index is 5.84. The number of hydrogen-bond acceptors (Lipinski definition) is 3. The van der Waals surface area contributed by atoms with Gasteiger partial charge in [0.15, 0.2) is 0 Å². The molecule has 1 aromatic carbocycles. The van der Waals surface area contributed by atoms with Crippen LogP contribution in [0.3, 0.4) is 0 Å². The second kappa shape index (κ2) is 6.21. The van der Waals surface area contributed by atoms with Crippen molar-refractivity contribution >= 4 is 0 Å². The minimum atomic E-state index is 0.0412. The van der Waals surface area contributed by atoms with Gasteiger partial charge in [-0.3, -0.25) is 0 Å². The third-order valence-corrected chi connectivity index (χ3v) is 2.77. The van der Waals surface area contributed by atoms with Crippen LogP contribution in [0, 0.1) is 0 Å². The number of benzene rings is 1. The Balaban J connectivity index is 1.78. The highest BCUT2D eigenvalue weighted by atomic mass is 16.5. The van der Waals surface area contributed by atoms with Crippen molar-refractivity contribution in [3.8, 4) is 5.75 Å². The fraction of sp³-hybridized carbons (Fsp3) is 0.357. The lowest BCUT2D eigenvalue weighted by Gasteiger charge is -2.10. The van der Waals surface area contributed by atoms with Gasteiger partial charge in [-0.1, -0.05) is 12.1 Å². The van der Waals surface area contributed by atoms with E-state index in [0.717, 1.165) is 24.3 Å². The average molecular weight is 245 g/mol. The smallest absolute Gasteiger partial charge is 0.119 e. The van der Waals surface area contributed by atoms with Crippen LogP contribution in [0.1, 0.15) is 24.9 Å². The van der Waals surface area contributed by atoms with Crippen molar-refractivity contribution in [3.05, 3.63) is 48.5 Å². The number of aryl methyl sites for hydroxylation is 1. The number of nitrogens with two attached hydrogens (primary N) is 1. The maximum absolute atomic E-state index is 5.84. The first-order valence-corrected chi connectivity index (χ1v) is 6.20. The van der Waals surface area contributed by atoms with Crippen LogP contribution in [-0.4, -0.2) is 16.2 Å². The Morgan fingerprint density at radius 1 is 1.44 bits per heavy atom. The summed E-state index contributed by atoms with van der Waals surface area (Å²) in [5.74, 6) is 0.885.